The minimum Gasteiger partial charge on any atom is -0.386 e. The van der Waals surface area contributed by atoms with Crippen LogP contribution in [-0.4, -0.2) is 11.7 Å². The molecule has 2 nitrogen and oxygen atoms in total. The number of aliphatic hydroxyl groups is 1. The summed E-state index contributed by atoms with van der Waals surface area (Å²) in [6.07, 6.45) is -1.29. The number of nitrogens with one attached hydrogen (secondary N) is 1. The van der Waals surface area contributed by atoms with Gasteiger partial charge in [-0.3, -0.25) is 0 Å². The van der Waals surface area contributed by atoms with E-state index in [4.69, 9.17) is 11.6 Å². The van der Waals surface area contributed by atoms with Gasteiger partial charge in [0.1, 0.15) is 17.7 Å². The molecule has 0 saturated carbocycles. The van der Waals surface area contributed by atoms with Crippen LogP contribution in [-0.2, 0) is 0 Å². The molecule has 6 heteroatoms. The average molecular weight is 363 g/mol. The van der Waals surface area contributed by atoms with Crippen LogP contribution in [0, 0.1) is 11.6 Å². The summed E-state index contributed by atoms with van der Waals surface area (Å²) >= 11 is 9.18. The molecule has 20 heavy (non-hydrogen) atoms. The first kappa shape index (κ1) is 15.2. The van der Waals surface area contributed by atoms with E-state index in [2.05, 4.69) is 21.2 Å². The lowest BCUT2D eigenvalue weighted by Crippen LogP contribution is -2.15. The molecule has 0 heterocycles. The van der Waals surface area contributed by atoms with Crippen LogP contribution in [0.5, 0.6) is 0 Å². The Labute approximate surface area is 128 Å². The third-order valence-electron chi connectivity index (χ3n) is 2.75. The quantitative estimate of drug-likeness (QED) is 0.838. The van der Waals surface area contributed by atoms with Gasteiger partial charge in [0, 0.05) is 16.7 Å². The second-order valence-corrected chi connectivity index (χ2v) is 5.42. The maximum Gasteiger partial charge on any atom is 0.132 e. The zero-order chi connectivity index (χ0) is 14.7. The van der Waals surface area contributed by atoms with Crippen LogP contribution in [0.3, 0.4) is 0 Å². The summed E-state index contributed by atoms with van der Waals surface area (Å²) in [6.45, 7) is -0.0319. The molecule has 0 fully saturated rings. The molecule has 0 aliphatic rings. The molecular formula is C14H11BrClF2NO. The topological polar surface area (TPSA) is 32.3 Å². The molecule has 1 atom stereocenters. The number of anilines is 1. The Morgan fingerprint density at radius 1 is 1.20 bits per heavy atom. The van der Waals surface area contributed by atoms with E-state index in [0.717, 1.165) is 16.6 Å². The van der Waals surface area contributed by atoms with Crippen LogP contribution in [0.2, 0.25) is 5.02 Å². The largest absolute Gasteiger partial charge is 0.386 e. The van der Waals surface area contributed by atoms with Crippen molar-refractivity contribution in [3.63, 3.8) is 0 Å². The minimum atomic E-state index is -1.29. The smallest absolute Gasteiger partial charge is 0.132 e. The fourth-order valence-corrected chi connectivity index (χ4v) is 2.18. The molecule has 2 aromatic carbocycles. The number of rotatable bonds is 4. The van der Waals surface area contributed by atoms with E-state index in [-0.39, 0.29) is 12.1 Å². The van der Waals surface area contributed by atoms with Crippen LogP contribution in [0.25, 0.3) is 0 Å². The van der Waals surface area contributed by atoms with Gasteiger partial charge in [-0.15, -0.1) is 0 Å². The van der Waals surface area contributed by atoms with Crippen molar-refractivity contribution in [2.45, 2.75) is 6.10 Å². The van der Waals surface area contributed by atoms with Gasteiger partial charge >= 0.3 is 0 Å². The Morgan fingerprint density at radius 3 is 2.45 bits per heavy atom. The van der Waals surface area contributed by atoms with Crippen molar-refractivity contribution < 1.29 is 13.9 Å². The molecule has 0 aliphatic carbocycles. The highest BCUT2D eigenvalue weighted by atomic mass is 79.9. The van der Waals surface area contributed by atoms with Crippen molar-refractivity contribution in [2.75, 3.05) is 11.9 Å². The van der Waals surface area contributed by atoms with Crippen LogP contribution in [0.1, 0.15) is 11.7 Å². The van der Waals surface area contributed by atoms with Crippen LogP contribution >= 0.6 is 27.5 Å². The first-order valence-corrected chi connectivity index (χ1v) is 6.97. The second-order valence-electron chi connectivity index (χ2n) is 4.16. The van der Waals surface area contributed by atoms with E-state index in [1.165, 1.54) is 6.07 Å². The summed E-state index contributed by atoms with van der Waals surface area (Å²) in [5.74, 6) is -1.54. The molecule has 106 valence electrons. The van der Waals surface area contributed by atoms with E-state index in [9.17, 15) is 13.9 Å². The number of aliphatic hydroxyl groups excluding tert-OH is 1. The Kier molecular flexibility index (Phi) is 4.96. The Balaban J connectivity index is 2.08. The summed E-state index contributed by atoms with van der Waals surface area (Å²) < 4.78 is 27.7. The van der Waals surface area contributed by atoms with Gasteiger partial charge in [-0.05, 0) is 46.3 Å². The van der Waals surface area contributed by atoms with E-state index in [1.54, 1.807) is 18.2 Å². The molecule has 0 amide bonds. The standard InChI is InChI=1S/C14H11BrClF2NO/c15-9-5-4-8(6-10(9)16)19-7-13(20)14-11(17)2-1-3-12(14)18/h1-6,13,19-20H,7H2. The molecule has 0 radical (unpaired) electrons. The molecule has 0 saturated heterocycles. The summed E-state index contributed by atoms with van der Waals surface area (Å²) in [7, 11) is 0. The summed E-state index contributed by atoms with van der Waals surface area (Å²) in [4.78, 5) is 0. The molecule has 2 aromatic rings. The summed E-state index contributed by atoms with van der Waals surface area (Å²) in [6, 6.07) is 8.59. The van der Waals surface area contributed by atoms with E-state index >= 15 is 0 Å². The second kappa shape index (κ2) is 6.52. The molecule has 0 aliphatic heterocycles. The molecule has 0 spiro atoms. The predicted octanol–water partition coefficient (Wildman–Crippen LogP) is 4.53. The first-order valence-electron chi connectivity index (χ1n) is 5.80. The van der Waals surface area contributed by atoms with Gasteiger partial charge in [-0.1, -0.05) is 17.7 Å². The SMILES string of the molecule is OC(CNc1ccc(Br)c(Cl)c1)c1c(F)cccc1F. The van der Waals surface area contributed by atoms with Gasteiger partial charge in [-0.25, -0.2) is 8.78 Å². The van der Waals surface area contributed by atoms with E-state index in [0.29, 0.717) is 10.7 Å². The van der Waals surface area contributed by atoms with E-state index < -0.39 is 17.7 Å². The Bertz CT molecular complexity index is 604. The van der Waals surface area contributed by atoms with E-state index in [1.807, 2.05) is 0 Å². The highest BCUT2D eigenvalue weighted by Crippen LogP contribution is 2.26. The molecule has 0 bridgehead atoms. The average Bonchev–Trinajstić information content (AvgIpc) is 2.40. The summed E-state index contributed by atoms with van der Waals surface area (Å²) in [5, 5.41) is 13.3. The fourth-order valence-electron chi connectivity index (χ4n) is 1.75. The number of halogens is 4. The molecule has 2 rings (SSSR count). The highest BCUT2D eigenvalue weighted by Gasteiger charge is 2.17. The van der Waals surface area contributed by atoms with Crippen LogP contribution in [0.4, 0.5) is 14.5 Å². The maximum atomic E-state index is 13.5. The van der Waals surface area contributed by atoms with Crippen molar-refractivity contribution in [1.29, 1.82) is 0 Å². The predicted molar refractivity (Wildman–Crippen MR) is 79.0 cm³/mol. The fraction of sp³-hybridized carbons (Fsp3) is 0.143. The maximum absolute atomic E-state index is 13.5. The zero-order valence-corrected chi connectivity index (χ0v) is 12.5. The lowest BCUT2D eigenvalue weighted by Gasteiger charge is -2.15. The van der Waals surface area contributed by atoms with Crippen molar-refractivity contribution in [3.05, 3.63) is 63.1 Å². The highest BCUT2D eigenvalue weighted by molar-refractivity contribution is 9.10. The van der Waals surface area contributed by atoms with Crippen LogP contribution in [0.15, 0.2) is 40.9 Å². The Morgan fingerprint density at radius 2 is 1.85 bits per heavy atom. The van der Waals surface area contributed by atoms with Crippen molar-refractivity contribution in [1.82, 2.24) is 0 Å². The lowest BCUT2D eigenvalue weighted by atomic mass is 10.1. The van der Waals surface area contributed by atoms with Gasteiger partial charge in [0.15, 0.2) is 0 Å². The number of hydrogen-bond donors (Lipinski definition) is 2. The third kappa shape index (κ3) is 3.48. The van der Waals surface area contributed by atoms with Gasteiger partial charge in [0.05, 0.1) is 10.6 Å². The minimum absolute atomic E-state index is 0.0319. The van der Waals surface area contributed by atoms with Gasteiger partial charge in [0.2, 0.25) is 0 Å². The normalized spacial score (nSPS) is 12.2. The van der Waals surface area contributed by atoms with Crippen molar-refractivity contribution in [2.24, 2.45) is 0 Å². The molecular weight excluding hydrogens is 352 g/mol. The summed E-state index contributed by atoms with van der Waals surface area (Å²) in [5.41, 5.74) is 0.303. The van der Waals surface area contributed by atoms with Crippen LogP contribution < -0.4 is 5.32 Å². The zero-order valence-electron chi connectivity index (χ0n) is 10.2. The number of benzene rings is 2. The van der Waals surface area contributed by atoms with Gasteiger partial charge in [0.25, 0.3) is 0 Å². The Hall–Kier alpha value is -1.17. The van der Waals surface area contributed by atoms with Gasteiger partial charge in [-0.2, -0.15) is 0 Å². The lowest BCUT2D eigenvalue weighted by molar-refractivity contribution is 0.181. The number of hydrogen-bond acceptors (Lipinski definition) is 2. The molecule has 2 N–H and O–H groups in total. The first-order chi connectivity index (χ1) is 9.49. The molecule has 1 unspecified atom stereocenters. The third-order valence-corrected chi connectivity index (χ3v) is 3.98. The van der Waals surface area contributed by atoms with Crippen molar-refractivity contribution in [3.8, 4) is 0 Å². The van der Waals surface area contributed by atoms with Crippen molar-refractivity contribution >= 4 is 33.2 Å². The monoisotopic (exact) mass is 361 g/mol. The van der Waals surface area contributed by atoms with Gasteiger partial charge < -0.3 is 10.4 Å². The molecule has 0 aromatic heterocycles.